The van der Waals surface area contributed by atoms with Gasteiger partial charge in [-0.25, -0.2) is 0 Å². The zero-order chi connectivity index (χ0) is 69.4. The summed E-state index contributed by atoms with van der Waals surface area (Å²) in [4.78, 5) is 101. The second-order valence-electron chi connectivity index (χ2n) is 26.6. The van der Waals surface area contributed by atoms with E-state index >= 15 is 28.8 Å². The Balaban J connectivity index is 1.18. The van der Waals surface area contributed by atoms with Crippen LogP contribution in [0.5, 0.6) is 46.0 Å². The van der Waals surface area contributed by atoms with Crippen LogP contribution in [0.3, 0.4) is 0 Å². The summed E-state index contributed by atoms with van der Waals surface area (Å²) in [5, 5.41) is 8.51. The van der Waals surface area contributed by atoms with Gasteiger partial charge in [-0.3, -0.25) is 38.6 Å². The van der Waals surface area contributed by atoms with Gasteiger partial charge in [0.05, 0.1) is 22.3 Å². The monoisotopic (exact) mass is 1310 g/mol. The van der Waals surface area contributed by atoms with E-state index in [9.17, 15) is 0 Å². The molecule has 0 saturated heterocycles. The average molecular weight is 1310 g/mol. The van der Waals surface area contributed by atoms with Crippen LogP contribution in [0.15, 0.2) is 146 Å². The molecule has 2 atom stereocenters. The number of rotatable bonds is 20. The summed E-state index contributed by atoms with van der Waals surface area (Å²) in [5.74, 6) is -1.82. The smallest absolute Gasteiger partial charge is 0.262 e. The second kappa shape index (κ2) is 25.7. The van der Waals surface area contributed by atoms with Crippen LogP contribution in [0.1, 0.15) is 125 Å². The summed E-state index contributed by atoms with van der Waals surface area (Å²) in [6.45, 7) is 19.4. The number of carbonyl (C=O) groups is 6. The first-order valence-corrected chi connectivity index (χ1v) is 33.2. The van der Waals surface area contributed by atoms with Gasteiger partial charge in [-0.15, -0.1) is 0 Å². The van der Waals surface area contributed by atoms with E-state index in [1.54, 1.807) is 48.5 Å². The van der Waals surface area contributed by atoms with Crippen LogP contribution in [-0.2, 0) is 9.59 Å². The number of hydrogen-bond donors (Lipinski definition) is 2. The molecule has 0 aliphatic carbocycles. The summed E-state index contributed by atoms with van der Waals surface area (Å²) in [6.07, 6.45) is 1.09. The fourth-order valence-electron chi connectivity index (χ4n) is 14.0. The van der Waals surface area contributed by atoms with Gasteiger partial charge in [0.2, 0.25) is 11.8 Å². The Kier molecular flexibility index (Phi) is 17.2. The van der Waals surface area contributed by atoms with Crippen LogP contribution >= 0.6 is 0 Å². The molecule has 2 unspecified atom stereocenters. The summed E-state index contributed by atoms with van der Waals surface area (Å²) in [6, 6.07) is 41.6. The van der Waals surface area contributed by atoms with Crippen molar-refractivity contribution >= 4 is 101 Å². The number of aryl methyl sites for hydroxylation is 8. The van der Waals surface area contributed by atoms with Gasteiger partial charge in [0.15, 0.2) is 0 Å². The largest absolute Gasteiger partial charge is 0.456 e. The number of amides is 6. The summed E-state index contributed by atoms with van der Waals surface area (Å²) in [5.41, 5.74) is 9.92. The Morgan fingerprint density at radius 2 is 0.602 bits per heavy atom. The van der Waals surface area contributed by atoms with Gasteiger partial charge < -0.3 is 39.4 Å². The number of ether oxygens (including phenoxy) is 4. The number of fused-ring (bicyclic) bond motifs is 2. The molecular formula is C82H78N6O10. The standard InChI is InChI=1S/C82H78N6O10/c1-15-17-59(77(89)83-51-23-27-53(28-24-51)85(11)12)87-79(91)55-39-65(95-61-31-19-43(3)35-47(61)7)71-73-67(97-63-33-21-45(5)37-49(63)9)41-57-70-58(82(94)88(81(57)93)60(18-16-2)78(90)84-52-25-29-54(30-26-52)86(13)14)42-68(98-64-34-22-46(6)38-50(64)10)74(76(70)73)72-66(40-56(80(87)92)69(55)75(71)72)96-62-32-20-44(4)36-48(62)8/h19-42,59-60H,15-18H2,1-14H3,(H,83,89)(H,84,90). The number of carbonyl (C=O) groups excluding carboxylic acids is 6. The summed E-state index contributed by atoms with van der Waals surface area (Å²) < 4.78 is 29.4. The third-order valence-corrected chi connectivity index (χ3v) is 18.8. The Hall–Kier alpha value is -11.3. The molecule has 2 heterocycles. The number of imide groups is 2. The van der Waals surface area contributed by atoms with Crippen molar-refractivity contribution in [2.45, 2.75) is 107 Å². The normalized spacial score (nSPS) is 13.4. The van der Waals surface area contributed by atoms with Crippen molar-refractivity contribution in [2.75, 3.05) is 48.6 Å². The summed E-state index contributed by atoms with van der Waals surface area (Å²) in [7, 11) is 7.68. The maximum atomic E-state index is 16.3. The van der Waals surface area contributed by atoms with Crippen molar-refractivity contribution in [1.82, 2.24) is 9.80 Å². The molecule has 6 amide bonds. The topological polar surface area (TPSA) is 176 Å². The van der Waals surface area contributed by atoms with Gasteiger partial charge in [0.25, 0.3) is 23.6 Å². The van der Waals surface area contributed by atoms with Crippen LogP contribution in [0.25, 0.3) is 43.1 Å². The molecule has 16 nitrogen and oxygen atoms in total. The fourth-order valence-corrected chi connectivity index (χ4v) is 14.0. The van der Waals surface area contributed by atoms with Crippen LogP contribution in [-0.4, -0.2) is 85.5 Å². The third-order valence-electron chi connectivity index (χ3n) is 18.8. The van der Waals surface area contributed by atoms with Crippen molar-refractivity contribution in [3.05, 3.63) is 212 Å². The van der Waals surface area contributed by atoms with Gasteiger partial charge in [0, 0.05) is 94.0 Å². The molecule has 0 spiro atoms. The fraction of sp³-hybridized carbons (Fsp3) is 0.244. The third kappa shape index (κ3) is 11.6. The lowest BCUT2D eigenvalue weighted by atomic mass is 9.80. The Bertz CT molecular complexity index is 4600. The lowest BCUT2D eigenvalue weighted by Crippen LogP contribution is -2.52. The molecule has 0 aromatic heterocycles. The highest BCUT2D eigenvalue weighted by Gasteiger charge is 2.46. The van der Waals surface area contributed by atoms with E-state index in [1.165, 1.54) is 0 Å². The highest BCUT2D eigenvalue weighted by atomic mass is 16.5. The molecule has 11 aromatic carbocycles. The lowest BCUT2D eigenvalue weighted by Gasteiger charge is -2.36. The maximum absolute atomic E-state index is 16.3. The van der Waals surface area contributed by atoms with Crippen LogP contribution in [0.4, 0.5) is 22.7 Å². The first-order valence-electron chi connectivity index (χ1n) is 33.2. The highest BCUT2D eigenvalue weighted by Crippen LogP contribution is 2.58. The summed E-state index contributed by atoms with van der Waals surface area (Å²) >= 11 is 0. The van der Waals surface area contributed by atoms with E-state index in [-0.39, 0.29) is 68.9 Å². The molecule has 496 valence electrons. The van der Waals surface area contributed by atoms with Crippen molar-refractivity contribution in [3.63, 3.8) is 0 Å². The first-order chi connectivity index (χ1) is 46.9. The van der Waals surface area contributed by atoms with Gasteiger partial charge in [-0.1, -0.05) is 97.5 Å². The predicted octanol–water partition coefficient (Wildman–Crippen LogP) is 18.3. The number of anilines is 4. The van der Waals surface area contributed by atoms with Gasteiger partial charge in [-0.05, 0) is 188 Å². The van der Waals surface area contributed by atoms with Gasteiger partial charge in [0.1, 0.15) is 58.1 Å². The first kappa shape index (κ1) is 65.4. The number of hydrogen-bond acceptors (Lipinski definition) is 12. The van der Waals surface area contributed by atoms with Gasteiger partial charge >= 0.3 is 0 Å². The molecule has 2 N–H and O–H groups in total. The second-order valence-corrected chi connectivity index (χ2v) is 26.6. The zero-order valence-electron chi connectivity index (χ0n) is 57.7. The Morgan fingerprint density at radius 1 is 0.347 bits per heavy atom. The van der Waals surface area contributed by atoms with E-state index in [2.05, 4.69) is 10.6 Å². The zero-order valence-corrected chi connectivity index (χ0v) is 57.7. The molecule has 0 saturated carbocycles. The minimum atomic E-state index is -1.30. The predicted molar refractivity (Wildman–Crippen MR) is 389 cm³/mol. The minimum absolute atomic E-state index is 0.0549. The van der Waals surface area contributed by atoms with Crippen LogP contribution in [0, 0.1) is 55.4 Å². The molecule has 13 rings (SSSR count). The molecule has 0 radical (unpaired) electrons. The molecule has 2 aliphatic rings. The lowest BCUT2D eigenvalue weighted by molar-refractivity contribution is -0.120. The van der Waals surface area contributed by atoms with Crippen LogP contribution in [0.2, 0.25) is 0 Å². The van der Waals surface area contributed by atoms with E-state index in [4.69, 9.17) is 18.9 Å². The Morgan fingerprint density at radius 3 is 0.827 bits per heavy atom. The molecule has 16 heteroatoms. The minimum Gasteiger partial charge on any atom is -0.456 e. The van der Waals surface area contributed by atoms with E-state index in [0.29, 0.717) is 79.5 Å². The molecule has 0 fully saturated rings. The van der Waals surface area contributed by atoms with Gasteiger partial charge in [-0.2, -0.15) is 0 Å². The maximum Gasteiger partial charge on any atom is 0.262 e. The van der Waals surface area contributed by atoms with Crippen molar-refractivity contribution < 1.29 is 47.7 Å². The van der Waals surface area contributed by atoms with E-state index in [1.807, 2.05) is 204 Å². The number of benzene rings is 11. The SMILES string of the molecule is CCCC(C(=O)Nc1ccc(N(C)C)cc1)N1C(=O)c2cc(Oc3ccc(C)cc3C)c3c4c(Oc5ccc(C)cc5C)cc5c6c(cc(Oc7ccc(C)cc7C)c(c7c(Oc8ccc(C)cc8C)cc(c2c37)C1=O)c64)C(=O)N(C(CCC)C(=O)Nc1ccc(N(C)C)cc1)C5=O. The average Bonchev–Trinajstić information content (AvgIpc) is 0.671. The highest BCUT2D eigenvalue weighted by molar-refractivity contribution is 6.45. The molecule has 2 aliphatic heterocycles. The molecule has 11 aromatic rings. The quantitative estimate of drug-likeness (QED) is 0.0420. The molecule has 98 heavy (non-hydrogen) atoms. The number of nitrogens with one attached hydrogen (secondary N) is 2. The van der Waals surface area contributed by atoms with Crippen molar-refractivity contribution in [2.24, 2.45) is 0 Å². The number of nitrogens with zero attached hydrogens (tertiary/aromatic N) is 4. The van der Waals surface area contributed by atoms with E-state index in [0.717, 1.165) is 65.7 Å². The molecular weight excluding hydrogens is 1230 g/mol. The van der Waals surface area contributed by atoms with Crippen molar-refractivity contribution in [3.8, 4) is 46.0 Å². The Labute approximate surface area is 570 Å². The van der Waals surface area contributed by atoms with Crippen molar-refractivity contribution in [1.29, 1.82) is 0 Å². The van der Waals surface area contributed by atoms with Crippen LogP contribution < -0.4 is 39.4 Å². The van der Waals surface area contributed by atoms with E-state index < -0.39 is 47.5 Å². The molecule has 0 bridgehead atoms.